The molecule has 458 valence electrons. The SMILES string of the molecule is CCCCCCCCCCCCCCC/C=C/C(O)C(CO)NC(=O)CCCCCCCCCCCCCCCCCCCCCCCCCCCCOC(=O)CCCCCCCCCCCCCCCCCCCCC. The van der Waals surface area contributed by atoms with Gasteiger partial charge in [-0.3, -0.25) is 9.59 Å². The van der Waals surface area contributed by atoms with Crippen LogP contribution in [0.5, 0.6) is 0 Å². The highest BCUT2D eigenvalue weighted by molar-refractivity contribution is 5.76. The maximum Gasteiger partial charge on any atom is 0.305 e. The number of esters is 1. The Morgan fingerprint density at radius 3 is 0.883 bits per heavy atom. The predicted octanol–water partition coefficient (Wildman–Crippen LogP) is 22.8. The van der Waals surface area contributed by atoms with Crippen LogP contribution in [0.2, 0.25) is 0 Å². The third-order valence-electron chi connectivity index (χ3n) is 16.8. The summed E-state index contributed by atoms with van der Waals surface area (Å²) >= 11 is 0. The molecule has 3 N–H and O–H groups in total. The molecule has 0 aliphatic heterocycles. The third kappa shape index (κ3) is 63.6. The molecule has 0 aliphatic rings. The van der Waals surface area contributed by atoms with Crippen LogP contribution in [-0.4, -0.2) is 47.4 Å². The Labute approximate surface area is 482 Å². The number of carbonyl (C=O) groups is 2. The summed E-state index contributed by atoms with van der Waals surface area (Å²) in [5.41, 5.74) is 0. The normalized spacial score (nSPS) is 12.5. The molecule has 0 bridgehead atoms. The second kappa shape index (κ2) is 67.1. The molecule has 0 aromatic rings. The number of hydrogen-bond donors (Lipinski definition) is 3. The molecule has 6 heteroatoms. The second-order valence-electron chi connectivity index (χ2n) is 24.6. The van der Waals surface area contributed by atoms with Gasteiger partial charge in [0.25, 0.3) is 0 Å². The van der Waals surface area contributed by atoms with Gasteiger partial charge in [0, 0.05) is 12.8 Å². The zero-order chi connectivity index (χ0) is 55.7. The van der Waals surface area contributed by atoms with Crippen LogP contribution in [0, 0.1) is 0 Å². The lowest BCUT2D eigenvalue weighted by atomic mass is 10.0. The van der Waals surface area contributed by atoms with Crippen LogP contribution in [-0.2, 0) is 14.3 Å². The minimum atomic E-state index is -0.842. The predicted molar refractivity (Wildman–Crippen MR) is 338 cm³/mol. The highest BCUT2D eigenvalue weighted by Crippen LogP contribution is 2.19. The molecule has 0 saturated carbocycles. The van der Waals surface area contributed by atoms with Gasteiger partial charge in [0.2, 0.25) is 5.91 Å². The van der Waals surface area contributed by atoms with Crippen LogP contribution in [0.3, 0.4) is 0 Å². The lowest BCUT2D eigenvalue weighted by Crippen LogP contribution is -2.45. The van der Waals surface area contributed by atoms with E-state index in [0.29, 0.717) is 19.4 Å². The van der Waals surface area contributed by atoms with Crippen molar-refractivity contribution in [1.29, 1.82) is 0 Å². The van der Waals surface area contributed by atoms with Crippen LogP contribution in [0.4, 0.5) is 0 Å². The summed E-state index contributed by atoms with van der Waals surface area (Å²) in [6, 6.07) is -0.625. The van der Waals surface area contributed by atoms with Crippen molar-refractivity contribution in [2.45, 2.75) is 418 Å². The first-order valence-corrected chi connectivity index (χ1v) is 35.5. The van der Waals surface area contributed by atoms with E-state index in [0.717, 1.165) is 38.5 Å². The van der Waals surface area contributed by atoms with E-state index < -0.39 is 12.1 Å². The van der Waals surface area contributed by atoms with Gasteiger partial charge in [-0.2, -0.15) is 0 Å². The fourth-order valence-electron chi connectivity index (χ4n) is 11.4. The third-order valence-corrected chi connectivity index (χ3v) is 16.8. The van der Waals surface area contributed by atoms with Gasteiger partial charge in [-0.25, -0.2) is 0 Å². The van der Waals surface area contributed by atoms with Crippen molar-refractivity contribution >= 4 is 11.9 Å². The molecule has 0 rings (SSSR count). The van der Waals surface area contributed by atoms with Crippen molar-refractivity contribution < 1.29 is 24.5 Å². The maximum atomic E-state index is 12.5. The summed E-state index contributed by atoms with van der Waals surface area (Å²) in [6.07, 6.45) is 82.9. The van der Waals surface area contributed by atoms with Gasteiger partial charge in [0.05, 0.1) is 25.4 Å². The van der Waals surface area contributed by atoms with E-state index in [-0.39, 0.29) is 18.5 Å². The molecule has 0 fully saturated rings. The standard InChI is InChI=1S/C71H139NO5/c1-3-5-7-9-11-13-15-17-19-20-29-33-37-41-45-49-53-57-61-65-71(76)77-66-62-58-54-50-46-42-38-34-31-28-26-24-22-21-23-25-27-30-32-36-40-44-48-52-56-60-64-70(75)72-68(67-73)69(74)63-59-55-51-47-43-39-35-18-16-14-12-10-8-6-4-2/h59,63,68-69,73-74H,3-58,60-62,64-67H2,1-2H3,(H,72,75)/b63-59+. The van der Waals surface area contributed by atoms with E-state index in [2.05, 4.69) is 19.2 Å². The number of rotatable bonds is 67. The van der Waals surface area contributed by atoms with Gasteiger partial charge < -0.3 is 20.3 Å². The van der Waals surface area contributed by atoms with Crippen molar-refractivity contribution in [3.63, 3.8) is 0 Å². The number of allylic oxidation sites excluding steroid dienone is 1. The van der Waals surface area contributed by atoms with Crippen LogP contribution in [0.1, 0.15) is 406 Å². The van der Waals surface area contributed by atoms with E-state index in [1.807, 2.05) is 6.08 Å². The fourth-order valence-corrected chi connectivity index (χ4v) is 11.4. The first-order chi connectivity index (χ1) is 38.0. The van der Waals surface area contributed by atoms with Crippen LogP contribution < -0.4 is 5.32 Å². The van der Waals surface area contributed by atoms with Gasteiger partial charge in [-0.15, -0.1) is 0 Å². The number of nitrogens with one attached hydrogen (secondary N) is 1. The first kappa shape index (κ1) is 75.6. The minimum absolute atomic E-state index is 0.0227. The van der Waals surface area contributed by atoms with Crippen molar-refractivity contribution in [2.75, 3.05) is 13.2 Å². The van der Waals surface area contributed by atoms with E-state index >= 15 is 0 Å². The molecule has 0 heterocycles. The molecule has 0 aliphatic carbocycles. The van der Waals surface area contributed by atoms with Gasteiger partial charge >= 0.3 is 5.97 Å². The summed E-state index contributed by atoms with van der Waals surface area (Å²) in [4.78, 5) is 24.6. The van der Waals surface area contributed by atoms with Crippen LogP contribution in [0.15, 0.2) is 12.2 Å². The summed E-state index contributed by atoms with van der Waals surface area (Å²) in [6.45, 7) is 4.95. The molecule has 0 spiro atoms. The number of aliphatic hydroxyl groups is 2. The Morgan fingerprint density at radius 1 is 0.351 bits per heavy atom. The highest BCUT2D eigenvalue weighted by atomic mass is 16.5. The minimum Gasteiger partial charge on any atom is -0.466 e. The average molecular weight is 1090 g/mol. The second-order valence-corrected chi connectivity index (χ2v) is 24.6. The Hall–Kier alpha value is -1.40. The lowest BCUT2D eigenvalue weighted by molar-refractivity contribution is -0.143. The van der Waals surface area contributed by atoms with Crippen molar-refractivity contribution in [3.8, 4) is 0 Å². The number of carbonyl (C=O) groups excluding carboxylic acids is 2. The molecule has 0 aromatic heterocycles. The lowest BCUT2D eigenvalue weighted by Gasteiger charge is -2.20. The molecule has 77 heavy (non-hydrogen) atoms. The summed E-state index contributed by atoms with van der Waals surface area (Å²) in [7, 11) is 0. The average Bonchev–Trinajstić information content (AvgIpc) is 3.43. The maximum absolute atomic E-state index is 12.5. The molecule has 2 atom stereocenters. The molecule has 0 radical (unpaired) electrons. The fraction of sp³-hybridized carbons (Fsp3) is 0.944. The summed E-state index contributed by atoms with van der Waals surface area (Å²) in [5, 5.41) is 23.2. The summed E-state index contributed by atoms with van der Waals surface area (Å²) in [5.74, 6) is -0.0401. The van der Waals surface area contributed by atoms with Crippen LogP contribution >= 0.6 is 0 Å². The van der Waals surface area contributed by atoms with Gasteiger partial charge in [0.1, 0.15) is 0 Å². The first-order valence-electron chi connectivity index (χ1n) is 35.5. The smallest absolute Gasteiger partial charge is 0.305 e. The summed E-state index contributed by atoms with van der Waals surface area (Å²) < 4.78 is 5.52. The molecular weight excluding hydrogens is 947 g/mol. The highest BCUT2D eigenvalue weighted by Gasteiger charge is 2.18. The molecule has 1 amide bonds. The zero-order valence-corrected chi connectivity index (χ0v) is 52.5. The van der Waals surface area contributed by atoms with Crippen molar-refractivity contribution in [3.05, 3.63) is 12.2 Å². The van der Waals surface area contributed by atoms with Crippen LogP contribution in [0.25, 0.3) is 0 Å². The Balaban J connectivity index is 3.34. The van der Waals surface area contributed by atoms with E-state index in [9.17, 15) is 19.8 Å². The number of ether oxygens (including phenoxy) is 1. The molecule has 0 saturated heterocycles. The quantitative estimate of drug-likeness (QED) is 0.0320. The Morgan fingerprint density at radius 2 is 0.597 bits per heavy atom. The monoisotopic (exact) mass is 1090 g/mol. The Bertz CT molecular complexity index is 1160. The van der Waals surface area contributed by atoms with Gasteiger partial charge in [-0.1, -0.05) is 373 Å². The number of aliphatic hydroxyl groups excluding tert-OH is 2. The van der Waals surface area contributed by atoms with E-state index in [1.165, 1.54) is 340 Å². The van der Waals surface area contributed by atoms with Gasteiger partial charge in [-0.05, 0) is 32.1 Å². The molecule has 2 unspecified atom stereocenters. The van der Waals surface area contributed by atoms with Crippen molar-refractivity contribution in [1.82, 2.24) is 5.32 Å². The zero-order valence-electron chi connectivity index (χ0n) is 52.5. The number of unbranched alkanes of at least 4 members (excludes halogenated alkanes) is 56. The van der Waals surface area contributed by atoms with E-state index in [1.54, 1.807) is 6.08 Å². The van der Waals surface area contributed by atoms with E-state index in [4.69, 9.17) is 4.74 Å². The van der Waals surface area contributed by atoms with Crippen molar-refractivity contribution in [2.24, 2.45) is 0 Å². The Kier molecular flexibility index (Phi) is 65.9. The topological polar surface area (TPSA) is 95.9 Å². The molecular formula is C71H139NO5. The van der Waals surface area contributed by atoms with Gasteiger partial charge in [0.15, 0.2) is 0 Å². The largest absolute Gasteiger partial charge is 0.466 e. The number of amides is 1. The molecule has 0 aromatic carbocycles. The number of hydrogen-bond acceptors (Lipinski definition) is 5. The molecule has 6 nitrogen and oxygen atoms in total.